The van der Waals surface area contributed by atoms with Gasteiger partial charge < -0.3 is 5.11 Å². The summed E-state index contributed by atoms with van der Waals surface area (Å²) in [6, 6.07) is 4.92. The zero-order chi connectivity index (χ0) is 12.1. The van der Waals surface area contributed by atoms with Crippen molar-refractivity contribution in [3.63, 3.8) is 0 Å². The van der Waals surface area contributed by atoms with Crippen molar-refractivity contribution < 1.29 is 5.11 Å². The minimum atomic E-state index is -0.0591. The van der Waals surface area contributed by atoms with Crippen LogP contribution in [0.3, 0.4) is 0 Å². The van der Waals surface area contributed by atoms with Gasteiger partial charge in [-0.05, 0) is 38.4 Å². The molecule has 3 heteroatoms. The van der Waals surface area contributed by atoms with E-state index in [4.69, 9.17) is 5.11 Å². The third-order valence-electron chi connectivity index (χ3n) is 3.25. The van der Waals surface area contributed by atoms with Crippen LogP contribution in [-0.4, -0.2) is 29.2 Å². The summed E-state index contributed by atoms with van der Waals surface area (Å²) in [5.41, 5.74) is 0. The van der Waals surface area contributed by atoms with Crippen molar-refractivity contribution in [2.75, 3.05) is 13.2 Å². The van der Waals surface area contributed by atoms with Crippen molar-refractivity contribution in [2.24, 2.45) is 0 Å². The summed E-state index contributed by atoms with van der Waals surface area (Å²) >= 11 is 1.74. The number of rotatable bonds is 2. The zero-order valence-electron chi connectivity index (χ0n) is 10.3. The summed E-state index contributed by atoms with van der Waals surface area (Å²) in [5, 5.41) is 8.65. The van der Waals surface area contributed by atoms with Gasteiger partial charge in [-0.25, -0.2) is 0 Å². The van der Waals surface area contributed by atoms with E-state index in [0.29, 0.717) is 6.04 Å². The van der Waals surface area contributed by atoms with Crippen LogP contribution in [0.2, 0.25) is 0 Å². The van der Waals surface area contributed by atoms with Crippen LogP contribution < -0.4 is 0 Å². The molecule has 0 radical (unpaired) electrons. The third kappa shape index (κ3) is 3.57. The molecule has 1 aromatic heterocycles. The van der Waals surface area contributed by atoms with Crippen LogP contribution in [0, 0.1) is 11.8 Å². The first-order valence-electron chi connectivity index (χ1n) is 6.22. The first-order chi connectivity index (χ1) is 8.29. The Morgan fingerprint density at radius 1 is 1.47 bits per heavy atom. The largest absolute Gasteiger partial charge is 0.384 e. The fraction of sp³-hybridized carbons (Fsp3) is 0.571. The number of likely N-dealkylation sites (tertiary alicyclic amines) is 1. The summed E-state index contributed by atoms with van der Waals surface area (Å²) in [5.74, 6) is 5.66. The van der Waals surface area contributed by atoms with Crippen LogP contribution in [0.5, 0.6) is 0 Å². The average molecular weight is 249 g/mol. The van der Waals surface area contributed by atoms with Gasteiger partial charge in [0.1, 0.15) is 6.61 Å². The summed E-state index contributed by atoms with van der Waals surface area (Å²) in [6.07, 6.45) is 4.02. The van der Waals surface area contributed by atoms with Gasteiger partial charge in [-0.1, -0.05) is 18.3 Å². The lowest BCUT2D eigenvalue weighted by molar-refractivity contribution is 0.154. The number of nitrogens with zero attached hydrogens (tertiary/aromatic N) is 1. The lowest BCUT2D eigenvalue weighted by Crippen LogP contribution is -2.36. The Balaban J connectivity index is 1.96. The third-order valence-corrected chi connectivity index (χ3v) is 4.24. The fourth-order valence-electron chi connectivity index (χ4n) is 2.25. The quantitative estimate of drug-likeness (QED) is 0.814. The van der Waals surface area contributed by atoms with E-state index in [1.165, 1.54) is 30.7 Å². The van der Waals surface area contributed by atoms with Crippen molar-refractivity contribution >= 4 is 11.3 Å². The molecule has 1 aliphatic rings. The Labute approximate surface area is 107 Å². The van der Waals surface area contributed by atoms with E-state index in [1.807, 2.05) is 0 Å². The minimum Gasteiger partial charge on any atom is -0.384 e. The molecule has 1 unspecified atom stereocenters. The highest BCUT2D eigenvalue weighted by Crippen LogP contribution is 2.22. The molecular weight excluding hydrogens is 230 g/mol. The summed E-state index contributed by atoms with van der Waals surface area (Å²) < 4.78 is 0. The number of hydrogen-bond acceptors (Lipinski definition) is 3. The molecule has 17 heavy (non-hydrogen) atoms. The SMILES string of the molecule is CC1CCCCN1Cc1ccc(C#CCO)s1. The maximum absolute atomic E-state index is 8.65. The van der Waals surface area contributed by atoms with Crippen molar-refractivity contribution in [1.82, 2.24) is 4.90 Å². The number of piperidine rings is 1. The molecule has 1 aromatic rings. The Morgan fingerprint density at radius 3 is 3.12 bits per heavy atom. The van der Waals surface area contributed by atoms with Gasteiger partial charge >= 0.3 is 0 Å². The molecule has 0 aliphatic carbocycles. The molecule has 2 heterocycles. The smallest absolute Gasteiger partial charge is 0.104 e. The van der Waals surface area contributed by atoms with E-state index in [-0.39, 0.29) is 6.61 Å². The van der Waals surface area contributed by atoms with Crippen molar-refractivity contribution in [1.29, 1.82) is 0 Å². The van der Waals surface area contributed by atoms with Crippen molar-refractivity contribution in [3.8, 4) is 11.8 Å². The molecule has 1 atom stereocenters. The fourth-order valence-corrected chi connectivity index (χ4v) is 3.16. The van der Waals surface area contributed by atoms with Crippen molar-refractivity contribution in [3.05, 3.63) is 21.9 Å². The maximum Gasteiger partial charge on any atom is 0.104 e. The molecule has 2 rings (SSSR count). The molecule has 92 valence electrons. The lowest BCUT2D eigenvalue weighted by atomic mass is 10.0. The van der Waals surface area contributed by atoms with Crippen LogP contribution in [0.15, 0.2) is 12.1 Å². The summed E-state index contributed by atoms with van der Waals surface area (Å²) in [7, 11) is 0. The van der Waals surface area contributed by atoms with Crippen LogP contribution in [0.4, 0.5) is 0 Å². The molecule has 1 fully saturated rings. The molecule has 1 N–H and O–H groups in total. The van der Waals surface area contributed by atoms with E-state index in [2.05, 4.69) is 35.8 Å². The van der Waals surface area contributed by atoms with Crippen molar-refractivity contribution in [2.45, 2.75) is 38.8 Å². The minimum absolute atomic E-state index is 0.0591. The first kappa shape index (κ1) is 12.6. The predicted molar refractivity (Wildman–Crippen MR) is 72.0 cm³/mol. The number of hydrogen-bond donors (Lipinski definition) is 1. The highest BCUT2D eigenvalue weighted by atomic mass is 32.1. The van der Waals surface area contributed by atoms with Gasteiger partial charge in [0.2, 0.25) is 0 Å². The monoisotopic (exact) mass is 249 g/mol. The summed E-state index contributed by atoms with van der Waals surface area (Å²) in [6.45, 7) is 4.53. The van der Waals surface area contributed by atoms with Gasteiger partial charge in [0, 0.05) is 17.5 Å². The van der Waals surface area contributed by atoms with Gasteiger partial charge in [-0.3, -0.25) is 4.90 Å². The number of aliphatic hydroxyl groups is 1. The molecule has 1 aliphatic heterocycles. The second-order valence-electron chi connectivity index (χ2n) is 4.54. The predicted octanol–water partition coefficient (Wildman–Crippen LogP) is 2.47. The molecule has 0 saturated carbocycles. The molecule has 1 saturated heterocycles. The molecular formula is C14H19NOS. The second kappa shape index (κ2) is 6.20. The first-order valence-corrected chi connectivity index (χ1v) is 7.04. The van der Waals surface area contributed by atoms with Crippen LogP contribution in [0.1, 0.15) is 35.9 Å². The number of aliphatic hydroxyl groups excluding tert-OH is 1. The van der Waals surface area contributed by atoms with Crippen LogP contribution >= 0.6 is 11.3 Å². The second-order valence-corrected chi connectivity index (χ2v) is 5.71. The highest BCUT2D eigenvalue weighted by Gasteiger charge is 2.18. The highest BCUT2D eigenvalue weighted by molar-refractivity contribution is 7.12. The Bertz CT molecular complexity index is 415. The number of thiophene rings is 1. The van der Waals surface area contributed by atoms with Gasteiger partial charge in [-0.2, -0.15) is 0 Å². The molecule has 0 aromatic carbocycles. The van der Waals surface area contributed by atoms with Crippen LogP contribution in [-0.2, 0) is 6.54 Å². The molecule has 0 spiro atoms. The Morgan fingerprint density at radius 2 is 2.35 bits per heavy atom. The van der Waals surface area contributed by atoms with E-state index in [1.54, 1.807) is 11.3 Å². The molecule has 2 nitrogen and oxygen atoms in total. The van der Waals surface area contributed by atoms with E-state index in [9.17, 15) is 0 Å². The van der Waals surface area contributed by atoms with E-state index >= 15 is 0 Å². The molecule has 0 bridgehead atoms. The maximum atomic E-state index is 8.65. The average Bonchev–Trinajstić information content (AvgIpc) is 2.77. The topological polar surface area (TPSA) is 23.5 Å². The molecule has 0 amide bonds. The van der Waals surface area contributed by atoms with Gasteiger partial charge in [0.05, 0.1) is 4.88 Å². The summed E-state index contributed by atoms with van der Waals surface area (Å²) in [4.78, 5) is 4.98. The van der Waals surface area contributed by atoms with Crippen LogP contribution in [0.25, 0.3) is 0 Å². The normalized spacial score (nSPS) is 20.9. The van der Waals surface area contributed by atoms with Gasteiger partial charge in [0.15, 0.2) is 0 Å². The Kier molecular flexibility index (Phi) is 4.61. The van der Waals surface area contributed by atoms with Gasteiger partial charge in [0.25, 0.3) is 0 Å². The van der Waals surface area contributed by atoms with E-state index in [0.717, 1.165) is 11.4 Å². The standard InChI is InChI=1S/C14H19NOS/c1-12-5-2-3-9-15(12)11-14-8-7-13(17-14)6-4-10-16/h7-8,12,16H,2-3,5,9-11H2,1H3. The zero-order valence-corrected chi connectivity index (χ0v) is 11.1. The van der Waals surface area contributed by atoms with Gasteiger partial charge in [-0.15, -0.1) is 11.3 Å². The van der Waals surface area contributed by atoms with E-state index < -0.39 is 0 Å². The lowest BCUT2D eigenvalue weighted by Gasteiger charge is -2.32. The Hall–Kier alpha value is -0.820.